The number of nitrogens with one attached hydrogen (secondary N) is 1. The molecule has 0 saturated heterocycles. The van der Waals surface area contributed by atoms with Gasteiger partial charge in [-0.25, -0.2) is 18.3 Å². The van der Waals surface area contributed by atoms with Crippen molar-refractivity contribution in [3.05, 3.63) is 42.4 Å². The van der Waals surface area contributed by atoms with Gasteiger partial charge in [-0.2, -0.15) is 18.3 Å². The molecule has 0 unspecified atom stereocenters. The average Bonchev–Trinajstić information content (AvgIpc) is 3.12. The molecule has 1 atom stereocenters. The lowest BCUT2D eigenvalue weighted by Crippen LogP contribution is -2.29. The summed E-state index contributed by atoms with van der Waals surface area (Å²) in [6.07, 6.45) is 1.06. The van der Waals surface area contributed by atoms with Gasteiger partial charge in [0.25, 0.3) is 0 Å². The smallest absolute Gasteiger partial charge is 0.349 e. The third-order valence-corrected chi connectivity index (χ3v) is 5.76. The van der Waals surface area contributed by atoms with Crippen LogP contribution in [0.15, 0.2) is 31.1 Å². The van der Waals surface area contributed by atoms with Crippen molar-refractivity contribution in [2.45, 2.75) is 75.9 Å². The van der Waals surface area contributed by atoms with E-state index < -0.39 is 36.9 Å². The fraction of sp³-hybridized carbons (Fsp3) is 0.591. The molecule has 2 aromatic heterocycles. The Morgan fingerprint density at radius 2 is 2.06 bits per heavy atom. The molecule has 1 fully saturated rings. The number of carbonyl (C=O) groups is 1. The van der Waals surface area contributed by atoms with E-state index in [0.29, 0.717) is 43.3 Å². The summed E-state index contributed by atoms with van der Waals surface area (Å²) in [6, 6.07) is 1.22. The van der Waals surface area contributed by atoms with E-state index in [1.54, 1.807) is 29.1 Å². The number of alkyl halides is 5. The molecule has 1 aliphatic carbocycles. The molecule has 32 heavy (non-hydrogen) atoms. The maximum Gasteiger partial charge on any atom is 0.389 e. The van der Waals surface area contributed by atoms with Gasteiger partial charge in [-0.05, 0) is 49.7 Å². The van der Waals surface area contributed by atoms with E-state index in [1.165, 1.54) is 0 Å². The lowest BCUT2D eigenvalue weighted by atomic mass is 9.84. The minimum Gasteiger partial charge on any atom is -0.349 e. The predicted molar refractivity (Wildman–Crippen MR) is 109 cm³/mol. The quantitative estimate of drug-likeness (QED) is 0.395. The van der Waals surface area contributed by atoms with E-state index >= 15 is 0 Å². The molecule has 0 radical (unpaired) electrons. The number of nitrogens with zero attached hydrogens (tertiary/aromatic N) is 3. The Kier molecular flexibility index (Phi) is 7.51. The Morgan fingerprint density at radius 1 is 1.34 bits per heavy atom. The minimum absolute atomic E-state index is 0.105. The zero-order valence-corrected chi connectivity index (χ0v) is 17.7. The Morgan fingerprint density at radius 3 is 2.72 bits per heavy atom. The van der Waals surface area contributed by atoms with E-state index in [9.17, 15) is 26.7 Å². The van der Waals surface area contributed by atoms with Crippen LogP contribution in [0.25, 0.3) is 5.65 Å². The fourth-order valence-corrected chi connectivity index (χ4v) is 3.96. The Balaban J connectivity index is 1.69. The van der Waals surface area contributed by atoms with Crippen molar-refractivity contribution in [1.82, 2.24) is 19.9 Å². The second-order valence-electron chi connectivity index (χ2n) is 8.43. The van der Waals surface area contributed by atoms with E-state index in [2.05, 4.69) is 22.0 Å². The molecule has 1 aliphatic rings. The first-order valence-corrected chi connectivity index (χ1v) is 10.7. The highest BCUT2D eigenvalue weighted by Crippen LogP contribution is 2.37. The number of amides is 1. The van der Waals surface area contributed by atoms with Crippen molar-refractivity contribution in [2.24, 2.45) is 5.92 Å². The van der Waals surface area contributed by atoms with Gasteiger partial charge in [0.05, 0.1) is 30.6 Å². The maximum absolute atomic E-state index is 13.4. The predicted octanol–water partition coefficient (Wildman–Crippen LogP) is 5.56. The zero-order chi connectivity index (χ0) is 23.4. The number of aromatic nitrogens is 3. The Bertz CT molecular complexity index is 930. The molecule has 1 N–H and O–H groups in total. The number of imidazole rings is 1. The third-order valence-electron chi connectivity index (χ3n) is 5.76. The molecule has 0 bridgehead atoms. The van der Waals surface area contributed by atoms with Crippen molar-refractivity contribution in [3.8, 4) is 0 Å². The molecule has 3 rings (SSSR count). The summed E-state index contributed by atoms with van der Waals surface area (Å²) in [7, 11) is 0. The van der Waals surface area contributed by atoms with E-state index in [4.69, 9.17) is 0 Å². The van der Waals surface area contributed by atoms with Crippen LogP contribution in [0.4, 0.5) is 22.0 Å². The van der Waals surface area contributed by atoms with E-state index in [-0.39, 0.29) is 18.8 Å². The normalized spacial score (nSPS) is 17.9. The summed E-state index contributed by atoms with van der Waals surface area (Å²) in [5, 5.41) is 6.97. The summed E-state index contributed by atoms with van der Waals surface area (Å²) in [4.78, 5) is 16.6. The van der Waals surface area contributed by atoms with Gasteiger partial charge in [-0.1, -0.05) is 6.08 Å². The summed E-state index contributed by atoms with van der Waals surface area (Å²) < 4.78 is 65.5. The minimum atomic E-state index is -4.39. The monoisotopic (exact) mass is 458 g/mol. The summed E-state index contributed by atoms with van der Waals surface area (Å²) in [5.41, 5.74) is 1.92. The molecule has 0 aliphatic heterocycles. The average molecular weight is 458 g/mol. The first-order chi connectivity index (χ1) is 15.0. The third kappa shape index (κ3) is 7.00. The molecule has 1 amide bonds. The molecule has 10 heteroatoms. The van der Waals surface area contributed by atoms with Crippen LogP contribution < -0.4 is 5.32 Å². The van der Waals surface area contributed by atoms with Gasteiger partial charge in [-0.15, -0.1) is 6.58 Å². The van der Waals surface area contributed by atoms with E-state index in [0.717, 1.165) is 5.69 Å². The molecule has 0 aromatic carbocycles. The Hall–Kier alpha value is -2.52. The van der Waals surface area contributed by atoms with Crippen LogP contribution in [0, 0.1) is 5.92 Å². The molecule has 1 saturated carbocycles. The van der Waals surface area contributed by atoms with Crippen molar-refractivity contribution >= 4 is 11.6 Å². The van der Waals surface area contributed by atoms with Crippen LogP contribution >= 0.6 is 0 Å². The van der Waals surface area contributed by atoms with Crippen molar-refractivity contribution in [3.63, 3.8) is 0 Å². The highest BCUT2D eigenvalue weighted by atomic mass is 19.4. The molecular formula is C22H27F5N4O. The SMILES string of the molecule is C=CCC[C@@H](NC(=O)CCC(F)(F)F)c1cnn2cc(CC3CCC(F)(F)CC3)nc2c1. The molecule has 2 aromatic rings. The number of rotatable bonds is 9. The second-order valence-corrected chi connectivity index (χ2v) is 8.43. The molecule has 176 valence electrons. The van der Waals surface area contributed by atoms with Gasteiger partial charge in [0, 0.05) is 19.3 Å². The summed E-state index contributed by atoms with van der Waals surface area (Å²) in [5.74, 6) is -3.11. The number of hydrogen-bond acceptors (Lipinski definition) is 3. The number of allylic oxidation sites excluding steroid dienone is 1. The number of hydrogen-bond donors (Lipinski definition) is 1. The summed E-state index contributed by atoms with van der Waals surface area (Å²) >= 11 is 0. The molecule has 2 heterocycles. The van der Waals surface area contributed by atoms with Crippen LogP contribution in [-0.2, 0) is 11.2 Å². The van der Waals surface area contributed by atoms with Gasteiger partial charge >= 0.3 is 6.18 Å². The van der Waals surface area contributed by atoms with Crippen LogP contribution in [0.2, 0.25) is 0 Å². The molecular weight excluding hydrogens is 431 g/mol. The second kappa shape index (κ2) is 9.95. The lowest BCUT2D eigenvalue weighted by Gasteiger charge is -2.27. The topological polar surface area (TPSA) is 59.3 Å². The molecule has 0 spiro atoms. The van der Waals surface area contributed by atoms with Crippen molar-refractivity contribution in [2.75, 3.05) is 0 Å². The van der Waals surface area contributed by atoms with Crippen LogP contribution in [0.5, 0.6) is 0 Å². The van der Waals surface area contributed by atoms with Crippen LogP contribution in [0.3, 0.4) is 0 Å². The van der Waals surface area contributed by atoms with Crippen molar-refractivity contribution < 1.29 is 26.7 Å². The first-order valence-electron chi connectivity index (χ1n) is 10.7. The number of carbonyl (C=O) groups excluding carboxylic acids is 1. The standard InChI is InChI=1S/C22H27F5N4O/c1-2-3-4-18(30-20(32)7-10-22(25,26)27)16-12-19-29-17(14-31(19)28-13-16)11-15-5-8-21(23,24)9-6-15/h2,12-15,18H,1,3-11H2,(H,30,32)/t18-/m1/s1. The maximum atomic E-state index is 13.4. The van der Waals surface area contributed by atoms with E-state index in [1.807, 2.05) is 0 Å². The zero-order valence-electron chi connectivity index (χ0n) is 17.7. The van der Waals surface area contributed by atoms with Crippen molar-refractivity contribution in [1.29, 1.82) is 0 Å². The van der Waals surface area contributed by atoms with Crippen LogP contribution in [-0.4, -0.2) is 32.6 Å². The lowest BCUT2D eigenvalue weighted by molar-refractivity contribution is -0.144. The van der Waals surface area contributed by atoms with Gasteiger partial charge in [-0.3, -0.25) is 4.79 Å². The highest BCUT2D eigenvalue weighted by Gasteiger charge is 2.35. The largest absolute Gasteiger partial charge is 0.389 e. The van der Waals surface area contributed by atoms with Gasteiger partial charge < -0.3 is 5.32 Å². The van der Waals surface area contributed by atoms with Gasteiger partial charge in [0.1, 0.15) is 0 Å². The fourth-order valence-electron chi connectivity index (χ4n) is 3.96. The first kappa shape index (κ1) is 24.1. The van der Waals surface area contributed by atoms with Gasteiger partial charge in [0.2, 0.25) is 11.8 Å². The summed E-state index contributed by atoms with van der Waals surface area (Å²) in [6.45, 7) is 3.65. The Labute approximate surface area is 183 Å². The number of halogens is 5. The van der Waals surface area contributed by atoms with Crippen LogP contribution in [0.1, 0.15) is 68.7 Å². The van der Waals surface area contributed by atoms with Gasteiger partial charge in [0.15, 0.2) is 5.65 Å². The number of fused-ring (bicyclic) bond motifs is 1. The highest BCUT2D eigenvalue weighted by molar-refractivity contribution is 5.76. The molecule has 5 nitrogen and oxygen atoms in total.